The third-order valence-electron chi connectivity index (χ3n) is 0.596. The second kappa shape index (κ2) is 8.00. The van der Waals surface area contributed by atoms with Crippen molar-refractivity contribution in [3.05, 3.63) is 0 Å². The Labute approximate surface area is 71.2 Å². The van der Waals surface area contributed by atoms with Crippen molar-refractivity contribution in [3.63, 3.8) is 0 Å². The van der Waals surface area contributed by atoms with Crippen LogP contribution >= 0.6 is 8.58 Å². The van der Waals surface area contributed by atoms with E-state index in [2.05, 4.69) is 27.7 Å². The number of rotatable bonds is 2. The van der Waals surface area contributed by atoms with Gasteiger partial charge in [-0.2, -0.15) is 0 Å². The molecule has 0 aromatic rings. The van der Waals surface area contributed by atoms with Crippen LogP contribution in [0, 0.1) is 0 Å². The van der Waals surface area contributed by atoms with Gasteiger partial charge in [-0.05, 0) is 11.3 Å². The summed E-state index contributed by atoms with van der Waals surface area (Å²) in [7, 11) is 1.58. The summed E-state index contributed by atoms with van der Waals surface area (Å²) >= 11 is 0. The molecule has 0 aliphatic rings. The summed E-state index contributed by atoms with van der Waals surface area (Å²) in [6.07, 6.45) is 0. The van der Waals surface area contributed by atoms with Crippen LogP contribution < -0.4 is 0 Å². The lowest BCUT2D eigenvalue weighted by Gasteiger charge is -2.04. The van der Waals surface area contributed by atoms with Crippen LogP contribution in [0.5, 0.6) is 0 Å². The number of carboxylic acid groups (broad SMARTS) is 1. The molecule has 0 fully saturated rings. The van der Waals surface area contributed by atoms with Gasteiger partial charge in [-0.15, -0.1) is 0 Å². The number of aliphatic carboxylic acids is 1. The molecule has 3 heteroatoms. The normalized spacial score (nSPS) is 9.36. The lowest BCUT2D eigenvalue weighted by atomic mass is 10.5. The summed E-state index contributed by atoms with van der Waals surface area (Å²) in [5, 5.41) is 7.42. The van der Waals surface area contributed by atoms with Crippen LogP contribution in [0.3, 0.4) is 0 Å². The van der Waals surface area contributed by atoms with Gasteiger partial charge in [-0.3, -0.25) is 4.79 Å². The van der Waals surface area contributed by atoms with Gasteiger partial charge in [-0.1, -0.05) is 36.3 Å². The molecular formula is C8H18O2P. The molecule has 1 N–H and O–H groups in total. The Bertz CT molecular complexity index is 90.3. The molecule has 0 saturated carbocycles. The molecule has 0 unspecified atom stereocenters. The first-order valence-corrected chi connectivity index (χ1v) is 4.79. The Hall–Kier alpha value is -0.100. The molecule has 67 valence electrons. The van der Waals surface area contributed by atoms with Gasteiger partial charge in [0, 0.05) is 6.92 Å². The van der Waals surface area contributed by atoms with E-state index in [1.54, 1.807) is 8.58 Å². The van der Waals surface area contributed by atoms with E-state index in [0.717, 1.165) is 18.2 Å². The number of carboxylic acids is 1. The highest BCUT2D eigenvalue weighted by Gasteiger charge is 1.96. The van der Waals surface area contributed by atoms with Gasteiger partial charge in [0.25, 0.3) is 5.97 Å². The van der Waals surface area contributed by atoms with E-state index in [9.17, 15) is 0 Å². The van der Waals surface area contributed by atoms with Crippen LogP contribution in [-0.2, 0) is 4.79 Å². The molecule has 0 atom stereocenters. The van der Waals surface area contributed by atoms with Gasteiger partial charge in [-0.25, -0.2) is 0 Å². The summed E-state index contributed by atoms with van der Waals surface area (Å²) in [6.45, 7) is 10.1. The van der Waals surface area contributed by atoms with Crippen LogP contribution in [0.15, 0.2) is 0 Å². The first-order chi connectivity index (χ1) is 4.86. The first-order valence-electron chi connectivity index (χ1n) is 3.75. The molecule has 0 aromatic carbocycles. The zero-order valence-electron chi connectivity index (χ0n) is 7.96. The maximum Gasteiger partial charge on any atom is 0.300 e. The molecular weight excluding hydrogens is 159 g/mol. The highest BCUT2D eigenvalue weighted by atomic mass is 31.1. The summed E-state index contributed by atoms with van der Waals surface area (Å²) in [5.41, 5.74) is 1.69. The Kier molecular flexibility index (Phi) is 9.81. The molecule has 0 amide bonds. The van der Waals surface area contributed by atoms with Gasteiger partial charge < -0.3 is 5.11 Å². The minimum Gasteiger partial charge on any atom is -0.481 e. The Morgan fingerprint density at radius 2 is 1.36 bits per heavy atom. The van der Waals surface area contributed by atoms with Crippen molar-refractivity contribution in [2.45, 2.75) is 45.9 Å². The van der Waals surface area contributed by atoms with Crippen LogP contribution in [0.25, 0.3) is 0 Å². The maximum atomic E-state index is 9.00. The third-order valence-corrected chi connectivity index (χ3v) is 1.79. The lowest BCUT2D eigenvalue weighted by molar-refractivity contribution is -0.134. The van der Waals surface area contributed by atoms with Gasteiger partial charge in [0.05, 0.1) is 0 Å². The molecule has 0 aliphatic carbocycles. The fourth-order valence-electron chi connectivity index (χ4n) is 0.596. The highest BCUT2D eigenvalue weighted by Crippen LogP contribution is 2.23. The molecule has 11 heavy (non-hydrogen) atoms. The van der Waals surface area contributed by atoms with Crippen molar-refractivity contribution in [1.29, 1.82) is 0 Å². The minimum atomic E-state index is -0.833. The highest BCUT2D eigenvalue weighted by molar-refractivity contribution is 7.39. The van der Waals surface area contributed by atoms with Crippen LogP contribution in [0.1, 0.15) is 34.6 Å². The van der Waals surface area contributed by atoms with Crippen molar-refractivity contribution >= 4 is 14.6 Å². The number of carbonyl (C=O) groups is 1. The smallest absolute Gasteiger partial charge is 0.300 e. The van der Waals surface area contributed by atoms with Gasteiger partial charge in [0.15, 0.2) is 0 Å². The number of hydrogen-bond acceptors (Lipinski definition) is 1. The maximum absolute atomic E-state index is 9.00. The number of hydrogen-bond donors (Lipinski definition) is 1. The molecule has 0 aromatic heterocycles. The standard InChI is InChI=1S/C6H14P.C2H4O2/c1-5(2)7-6(3)4;1-2(3)4/h5-6H,1-4H3;1H3,(H,3,4). The molecule has 1 radical (unpaired) electrons. The first kappa shape index (κ1) is 13.5. The van der Waals surface area contributed by atoms with Crippen LogP contribution in [-0.4, -0.2) is 22.4 Å². The van der Waals surface area contributed by atoms with E-state index >= 15 is 0 Å². The molecule has 0 heterocycles. The molecule has 0 aliphatic heterocycles. The molecule has 0 bridgehead atoms. The lowest BCUT2D eigenvalue weighted by Crippen LogP contribution is -1.90. The predicted octanol–water partition coefficient (Wildman–Crippen LogP) is 2.84. The average Bonchev–Trinajstić information content (AvgIpc) is 1.56. The van der Waals surface area contributed by atoms with Crippen LogP contribution in [0.2, 0.25) is 0 Å². The summed E-state index contributed by atoms with van der Waals surface area (Å²) < 4.78 is 0. The van der Waals surface area contributed by atoms with Crippen molar-refractivity contribution in [2.24, 2.45) is 0 Å². The van der Waals surface area contributed by atoms with E-state index in [4.69, 9.17) is 9.90 Å². The largest absolute Gasteiger partial charge is 0.481 e. The van der Waals surface area contributed by atoms with E-state index < -0.39 is 5.97 Å². The quantitative estimate of drug-likeness (QED) is 0.658. The van der Waals surface area contributed by atoms with Crippen molar-refractivity contribution in [2.75, 3.05) is 0 Å². The fraction of sp³-hybridized carbons (Fsp3) is 0.875. The second-order valence-corrected chi connectivity index (χ2v) is 5.22. The minimum absolute atomic E-state index is 0.833. The average molecular weight is 177 g/mol. The Morgan fingerprint density at radius 3 is 1.36 bits per heavy atom. The van der Waals surface area contributed by atoms with E-state index in [-0.39, 0.29) is 0 Å². The summed E-state index contributed by atoms with van der Waals surface area (Å²) in [4.78, 5) is 9.00. The van der Waals surface area contributed by atoms with E-state index in [1.807, 2.05) is 0 Å². The third kappa shape index (κ3) is 40.6. The molecule has 0 rings (SSSR count). The van der Waals surface area contributed by atoms with Gasteiger partial charge >= 0.3 is 0 Å². The summed E-state index contributed by atoms with van der Waals surface area (Å²) in [5.74, 6) is -0.833. The molecule has 0 spiro atoms. The van der Waals surface area contributed by atoms with E-state index in [0.29, 0.717) is 0 Å². The molecule has 0 saturated heterocycles. The van der Waals surface area contributed by atoms with Crippen molar-refractivity contribution in [1.82, 2.24) is 0 Å². The van der Waals surface area contributed by atoms with Gasteiger partial charge in [0.1, 0.15) is 0 Å². The van der Waals surface area contributed by atoms with Crippen molar-refractivity contribution in [3.8, 4) is 0 Å². The zero-order valence-corrected chi connectivity index (χ0v) is 8.85. The second-order valence-electron chi connectivity index (χ2n) is 2.86. The topological polar surface area (TPSA) is 37.3 Å². The van der Waals surface area contributed by atoms with Crippen molar-refractivity contribution < 1.29 is 9.90 Å². The SMILES string of the molecule is CC(=O)O.CC(C)[P]C(C)C. The van der Waals surface area contributed by atoms with Crippen LogP contribution in [0.4, 0.5) is 0 Å². The predicted molar refractivity (Wildman–Crippen MR) is 50.5 cm³/mol. The monoisotopic (exact) mass is 177 g/mol. The summed E-state index contributed by atoms with van der Waals surface area (Å²) in [6, 6.07) is 0. The Balaban J connectivity index is 0. The van der Waals surface area contributed by atoms with Gasteiger partial charge in [0.2, 0.25) is 0 Å². The zero-order chi connectivity index (χ0) is 9.44. The van der Waals surface area contributed by atoms with E-state index in [1.165, 1.54) is 0 Å². The fourth-order valence-corrected chi connectivity index (χ4v) is 1.79. The Morgan fingerprint density at radius 1 is 1.18 bits per heavy atom. The molecule has 2 nitrogen and oxygen atoms in total.